The summed E-state index contributed by atoms with van der Waals surface area (Å²) in [6, 6.07) is 2.86. The first kappa shape index (κ1) is 22.3. The number of esters is 2. The minimum absolute atomic E-state index is 0.0172. The Morgan fingerprint density at radius 3 is 2.14 bits per heavy atom. The summed E-state index contributed by atoms with van der Waals surface area (Å²) < 4.78 is 25.8. The van der Waals surface area contributed by atoms with Crippen LogP contribution in [0.3, 0.4) is 0 Å². The van der Waals surface area contributed by atoms with E-state index in [0.29, 0.717) is 18.6 Å². The van der Waals surface area contributed by atoms with E-state index < -0.39 is 23.6 Å². The number of ether oxygens (including phenoxy) is 5. The molecule has 1 aromatic carbocycles. The molecule has 1 N–H and O–H groups in total. The predicted octanol–water partition coefficient (Wildman–Crippen LogP) is 2.70. The normalized spacial score (nSPS) is 18.1. The number of carbonyl (C=O) groups excluding carboxylic acids is 3. The Bertz CT molecular complexity index is 777. The summed E-state index contributed by atoms with van der Waals surface area (Å²) >= 11 is 0. The fraction of sp³-hybridized carbons (Fsp3) is 0.550. The third-order valence-electron chi connectivity index (χ3n) is 4.21. The lowest BCUT2D eigenvalue weighted by Crippen LogP contribution is -2.50. The number of alkyl carbamates (subject to hydrolysis) is 1. The van der Waals surface area contributed by atoms with Crippen LogP contribution in [0.15, 0.2) is 12.1 Å². The zero-order valence-corrected chi connectivity index (χ0v) is 17.5. The van der Waals surface area contributed by atoms with Crippen molar-refractivity contribution in [1.29, 1.82) is 0 Å². The molecule has 0 radical (unpaired) electrons. The highest BCUT2D eigenvalue weighted by molar-refractivity contribution is 6.05. The third-order valence-corrected chi connectivity index (χ3v) is 4.21. The number of hydrogen-bond acceptors (Lipinski definition) is 8. The van der Waals surface area contributed by atoms with Gasteiger partial charge in [0.1, 0.15) is 28.8 Å². The van der Waals surface area contributed by atoms with Crippen molar-refractivity contribution >= 4 is 18.0 Å². The van der Waals surface area contributed by atoms with Crippen molar-refractivity contribution in [2.75, 3.05) is 21.3 Å². The minimum atomic E-state index is -0.723. The molecule has 0 atom stereocenters. The van der Waals surface area contributed by atoms with Gasteiger partial charge in [0.2, 0.25) is 0 Å². The molecule has 1 aromatic rings. The highest BCUT2D eigenvalue weighted by atomic mass is 16.6. The second-order valence-electron chi connectivity index (χ2n) is 7.59. The van der Waals surface area contributed by atoms with Gasteiger partial charge < -0.3 is 29.0 Å². The monoisotopic (exact) mass is 409 g/mol. The Hall–Kier alpha value is -2.97. The van der Waals surface area contributed by atoms with Gasteiger partial charge in [0.25, 0.3) is 0 Å². The van der Waals surface area contributed by atoms with Gasteiger partial charge >= 0.3 is 18.0 Å². The van der Waals surface area contributed by atoms with Gasteiger partial charge in [-0.25, -0.2) is 14.4 Å². The molecule has 0 aliphatic heterocycles. The van der Waals surface area contributed by atoms with E-state index in [1.165, 1.54) is 33.5 Å². The molecule has 0 bridgehead atoms. The van der Waals surface area contributed by atoms with Gasteiger partial charge in [-0.1, -0.05) is 0 Å². The van der Waals surface area contributed by atoms with Gasteiger partial charge in [-0.2, -0.15) is 0 Å². The molecule has 1 aliphatic rings. The van der Waals surface area contributed by atoms with Crippen molar-refractivity contribution in [3.63, 3.8) is 0 Å². The molecule has 1 aliphatic carbocycles. The number of amides is 1. The van der Waals surface area contributed by atoms with Gasteiger partial charge in [-0.15, -0.1) is 0 Å². The third kappa shape index (κ3) is 5.75. The Balaban J connectivity index is 2.08. The fourth-order valence-electron chi connectivity index (χ4n) is 2.85. The molecule has 9 heteroatoms. The van der Waals surface area contributed by atoms with Crippen LogP contribution in [0, 0.1) is 0 Å². The second-order valence-corrected chi connectivity index (χ2v) is 7.59. The molecule has 9 nitrogen and oxygen atoms in total. The number of carbonyl (C=O) groups is 3. The summed E-state index contributed by atoms with van der Waals surface area (Å²) in [5, 5.41) is 2.78. The largest absolute Gasteiger partial charge is 0.496 e. The molecule has 0 aromatic heterocycles. The van der Waals surface area contributed by atoms with Crippen molar-refractivity contribution in [2.45, 2.75) is 51.4 Å². The van der Waals surface area contributed by atoms with Crippen LogP contribution in [-0.2, 0) is 14.2 Å². The minimum Gasteiger partial charge on any atom is -0.496 e. The second kappa shape index (κ2) is 9.02. The first-order valence-electron chi connectivity index (χ1n) is 9.12. The molecule has 2 rings (SSSR count). The van der Waals surface area contributed by atoms with Gasteiger partial charge in [0.15, 0.2) is 0 Å². The first-order chi connectivity index (χ1) is 13.6. The SMILES string of the molecule is COC(=O)c1cc(OC2CC(NC(=O)OC(C)(C)C)C2)cc(OC)c1C(=O)OC. The maximum atomic E-state index is 12.1. The Labute approximate surface area is 169 Å². The lowest BCUT2D eigenvalue weighted by molar-refractivity contribution is 0.0360. The zero-order valence-electron chi connectivity index (χ0n) is 17.5. The number of methoxy groups -OCH3 is 3. The van der Waals surface area contributed by atoms with Crippen molar-refractivity contribution in [3.05, 3.63) is 23.3 Å². The van der Waals surface area contributed by atoms with Crippen LogP contribution < -0.4 is 14.8 Å². The average Bonchev–Trinajstić information content (AvgIpc) is 2.62. The first-order valence-corrected chi connectivity index (χ1v) is 9.12. The van der Waals surface area contributed by atoms with E-state index in [9.17, 15) is 14.4 Å². The molecule has 0 saturated heterocycles. The predicted molar refractivity (Wildman–Crippen MR) is 102 cm³/mol. The molecule has 29 heavy (non-hydrogen) atoms. The van der Waals surface area contributed by atoms with E-state index in [0.717, 1.165) is 0 Å². The molecular formula is C20H27NO8. The molecule has 0 heterocycles. The standard InChI is InChI=1S/C20H27NO8/c1-20(2,3)29-19(24)21-11-7-12(8-11)28-13-9-14(17(22)26-5)16(18(23)27-6)15(10-13)25-4/h9-12H,7-8H2,1-6H3,(H,21,24). The highest BCUT2D eigenvalue weighted by Gasteiger charge is 2.34. The number of rotatable bonds is 6. The van der Waals surface area contributed by atoms with Gasteiger partial charge in [0.05, 0.1) is 26.9 Å². The molecule has 1 saturated carbocycles. The summed E-state index contributed by atoms with van der Waals surface area (Å²) in [6.45, 7) is 5.39. The van der Waals surface area contributed by atoms with E-state index in [4.69, 9.17) is 23.7 Å². The van der Waals surface area contributed by atoms with Crippen LogP contribution in [0.5, 0.6) is 11.5 Å². The van der Waals surface area contributed by atoms with Crippen LogP contribution >= 0.6 is 0 Å². The molecule has 160 valence electrons. The molecule has 1 fully saturated rings. The molecule has 0 spiro atoms. The number of nitrogens with one attached hydrogen (secondary N) is 1. The maximum absolute atomic E-state index is 12.1. The van der Waals surface area contributed by atoms with Crippen LogP contribution in [0.2, 0.25) is 0 Å². The number of benzene rings is 1. The summed E-state index contributed by atoms with van der Waals surface area (Å²) in [5.74, 6) is -0.959. The Morgan fingerprint density at radius 2 is 1.62 bits per heavy atom. The van der Waals surface area contributed by atoms with Gasteiger partial charge in [-0.05, 0) is 26.8 Å². The van der Waals surface area contributed by atoms with Gasteiger partial charge in [0, 0.05) is 24.9 Å². The van der Waals surface area contributed by atoms with Gasteiger partial charge in [-0.3, -0.25) is 0 Å². The lowest BCUT2D eigenvalue weighted by Gasteiger charge is -2.36. The van der Waals surface area contributed by atoms with E-state index in [2.05, 4.69) is 5.32 Å². The molecule has 1 amide bonds. The highest BCUT2D eigenvalue weighted by Crippen LogP contribution is 2.33. The average molecular weight is 409 g/mol. The Kier molecular flexibility index (Phi) is 6.94. The fourth-order valence-corrected chi connectivity index (χ4v) is 2.85. The number of hydrogen-bond donors (Lipinski definition) is 1. The van der Waals surface area contributed by atoms with Crippen molar-refractivity contribution < 1.29 is 38.1 Å². The molecular weight excluding hydrogens is 382 g/mol. The summed E-state index contributed by atoms with van der Waals surface area (Å²) in [5.41, 5.74) is -0.616. The quantitative estimate of drug-likeness (QED) is 0.564. The van der Waals surface area contributed by atoms with Crippen LogP contribution in [0.1, 0.15) is 54.3 Å². The van der Waals surface area contributed by atoms with Crippen molar-refractivity contribution in [2.24, 2.45) is 0 Å². The van der Waals surface area contributed by atoms with E-state index in [1.54, 1.807) is 20.8 Å². The smallest absolute Gasteiger partial charge is 0.407 e. The van der Waals surface area contributed by atoms with E-state index in [-0.39, 0.29) is 29.0 Å². The Morgan fingerprint density at radius 1 is 1.00 bits per heavy atom. The van der Waals surface area contributed by atoms with Crippen molar-refractivity contribution in [1.82, 2.24) is 5.32 Å². The summed E-state index contributed by atoms with van der Waals surface area (Å²) in [4.78, 5) is 36.0. The van der Waals surface area contributed by atoms with E-state index in [1.807, 2.05) is 0 Å². The van der Waals surface area contributed by atoms with Crippen LogP contribution in [-0.4, -0.2) is 57.1 Å². The van der Waals surface area contributed by atoms with Crippen LogP contribution in [0.4, 0.5) is 4.79 Å². The topological polar surface area (TPSA) is 109 Å². The summed E-state index contributed by atoms with van der Waals surface area (Å²) in [7, 11) is 3.79. The van der Waals surface area contributed by atoms with E-state index >= 15 is 0 Å². The zero-order chi connectivity index (χ0) is 21.8. The van der Waals surface area contributed by atoms with Crippen LogP contribution in [0.25, 0.3) is 0 Å². The van der Waals surface area contributed by atoms with Crippen molar-refractivity contribution in [3.8, 4) is 11.5 Å². The molecule has 0 unspecified atom stereocenters. The maximum Gasteiger partial charge on any atom is 0.407 e. The lowest BCUT2D eigenvalue weighted by atomic mass is 9.89. The summed E-state index contributed by atoms with van der Waals surface area (Å²) in [6.07, 6.45) is 0.508.